The van der Waals surface area contributed by atoms with Gasteiger partial charge in [-0.05, 0) is 30.2 Å². The van der Waals surface area contributed by atoms with Gasteiger partial charge in [-0.15, -0.1) is 0 Å². The van der Waals surface area contributed by atoms with Gasteiger partial charge in [0.25, 0.3) is 5.91 Å². The standard InChI is InChI=1S/C20H24F3N5O2/c1-24-17(29)15-6-3-5-14(11-15)8-10-27-19(25-2)28-12-16-7-4-9-26-18(16)30-13-20(21,22)23/h3-7,9,11H,8,10,12-13H2,1-2H3,(H,24,29)(H2,25,27,28). The first kappa shape index (κ1) is 23.0. The molecule has 162 valence electrons. The number of hydrogen-bond donors (Lipinski definition) is 3. The molecule has 0 fully saturated rings. The van der Waals surface area contributed by atoms with Gasteiger partial charge < -0.3 is 20.7 Å². The molecule has 1 aromatic heterocycles. The number of pyridine rings is 1. The van der Waals surface area contributed by atoms with Crippen LogP contribution in [0.4, 0.5) is 13.2 Å². The molecule has 0 saturated carbocycles. The van der Waals surface area contributed by atoms with Gasteiger partial charge in [0.1, 0.15) is 0 Å². The summed E-state index contributed by atoms with van der Waals surface area (Å²) in [6.45, 7) is -0.673. The van der Waals surface area contributed by atoms with Gasteiger partial charge in [0, 0.05) is 44.5 Å². The molecule has 7 nitrogen and oxygen atoms in total. The number of ether oxygens (including phenoxy) is 1. The molecular formula is C20H24F3N5O2. The maximum atomic E-state index is 12.4. The summed E-state index contributed by atoms with van der Waals surface area (Å²) < 4.78 is 41.9. The molecule has 0 aliphatic carbocycles. The Kier molecular flexibility index (Phi) is 8.45. The fraction of sp³-hybridized carbons (Fsp3) is 0.350. The first-order valence-electron chi connectivity index (χ1n) is 9.21. The summed E-state index contributed by atoms with van der Waals surface area (Å²) in [4.78, 5) is 19.7. The number of alkyl halides is 3. The molecule has 30 heavy (non-hydrogen) atoms. The van der Waals surface area contributed by atoms with E-state index in [1.165, 1.54) is 6.20 Å². The number of guanidine groups is 1. The van der Waals surface area contributed by atoms with Crippen LogP contribution in [-0.4, -0.2) is 50.3 Å². The fourth-order valence-electron chi connectivity index (χ4n) is 2.58. The van der Waals surface area contributed by atoms with Crippen molar-refractivity contribution < 1.29 is 22.7 Å². The Balaban J connectivity index is 1.87. The zero-order valence-electron chi connectivity index (χ0n) is 16.7. The van der Waals surface area contributed by atoms with Crippen LogP contribution in [0.5, 0.6) is 5.88 Å². The minimum Gasteiger partial charge on any atom is -0.468 e. The van der Waals surface area contributed by atoms with E-state index >= 15 is 0 Å². The molecule has 0 radical (unpaired) electrons. The highest BCUT2D eigenvalue weighted by atomic mass is 19.4. The Bertz CT molecular complexity index is 872. The lowest BCUT2D eigenvalue weighted by atomic mass is 10.1. The molecular weight excluding hydrogens is 399 g/mol. The number of nitrogens with zero attached hydrogens (tertiary/aromatic N) is 2. The van der Waals surface area contributed by atoms with Crippen LogP contribution >= 0.6 is 0 Å². The summed E-state index contributed by atoms with van der Waals surface area (Å²) in [5, 5.41) is 8.73. The number of aliphatic imine (C=N–C) groups is 1. The van der Waals surface area contributed by atoms with Crippen molar-refractivity contribution in [2.75, 3.05) is 27.2 Å². The summed E-state index contributed by atoms with van der Waals surface area (Å²) >= 11 is 0. The number of benzene rings is 1. The van der Waals surface area contributed by atoms with E-state index in [1.807, 2.05) is 18.2 Å². The fourth-order valence-corrected chi connectivity index (χ4v) is 2.58. The van der Waals surface area contributed by atoms with Crippen molar-refractivity contribution in [3.63, 3.8) is 0 Å². The van der Waals surface area contributed by atoms with E-state index in [9.17, 15) is 18.0 Å². The maximum absolute atomic E-state index is 12.4. The van der Waals surface area contributed by atoms with Crippen molar-refractivity contribution in [1.29, 1.82) is 0 Å². The normalized spacial score (nSPS) is 11.7. The van der Waals surface area contributed by atoms with Crippen LogP contribution in [0.1, 0.15) is 21.5 Å². The number of carbonyl (C=O) groups is 1. The summed E-state index contributed by atoms with van der Waals surface area (Å²) in [6, 6.07) is 10.5. The number of aromatic nitrogens is 1. The van der Waals surface area contributed by atoms with Gasteiger partial charge in [0.05, 0.1) is 0 Å². The average Bonchev–Trinajstić information content (AvgIpc) is 2.74. The summed E-state index contributed by atoms with van der Waals surface area (Å²) in [5.41, 5.74) is 2.04. The van der Waals surface area contributed by atoms with Crippen LogP contribution in [0.3, 0.4) is 0 Å². The molecule has 2 rings (SSSR count). The SMILES string of the molecule is CN=C(NCCc1cccc(C(=O)NC)c1)NCc1cccnc1OCC(F)(F)F. The van der Waals surface area contributed by atoms with Crippen LogP contribution < -0.4 is 20.7 Å². The first-order valence-corrected chi connectivity index (χ1v) is 9.21. The van der Waals surface area contributed by atoms with Gasteiger partial charge in [0.15, 0.2) is 12.6 Å². The topological polar surface area (TPSA) is 87.6 Å². The third kappa shape index (κ3) is 7.61. The molecule has 0 unspecified atom stereocenters. The van der Waals surface area contributed by atoms with E-state index in [0.29, 0.717) is 30.1 Å². The van der Waals surface area contributed by atoms with Gasteiger partial charge in [0.2, 0.25) is 5.88 Å². The van der Waals surface area contributed by atoms with Crippen molar-refractivity contribution >= 4 is 11.9 Å². The van der Waals surface area contributed by atoms with Crippen LogP contribution in [0, 0.1) is 0 Å². The highest BCUT2D eigenvalue weighted by Gasteiger charge is 2.29. The molecule has 2 aromatic rings. The maximum Gasteiger partial charge on any atom is 0.422 e. The molecule has 10 heteroatoms. The van der Waals surface area contributed by atoms with Crippen LogP contribution in [-0.2, 0) is 13.0 Å². The lowest BCUT2D eigenvalue weighted by molar-refractivity contribution is -0.154. The summed E-state index contributed by atoms with van der Waals surface area (Å²) in [5.74, 6) is 0.245. The lowest BCUT2D eigenvalue weighted by Crippen LogP contribution is -2.38. The minimum atomic E-state index is -4.44. The third-order valence-corrected chi connectivity index (χ3v) is 4.01. The number of rotatable bonds is 8. The Morgan fingerprint density at radius 3 is 2.70 bits per heavy atom. The van der Waals surface area contributed by atoms with E-state index in [4.69, 9.17) is 4.74 Å². The number of halogens is 3. The van der Waals surface area contributed by atoms with E-state index in [0.717, 1.165) is 5.56 Å². The van der Waals surface area contributed by atoms with E-state index in [2.05, 4.69) is 25.9 Å². The van der Waals surface area contributed by atoms with Crippen molar-refractivity contribution in [2.45, 2.75) is 19.1 Å². The van der Waals surface area contributed by atoms with Gasteiger partial charge in [-0.1, -0.05) is 18.2 Å². The molecule has 0 spiro atoms. The number of amides is 1. The molecule has 0 aliphatic rings. The van der Waals surface area contributed by atoms with Gasteiger partial charge in [-0.2, -0.15) is 13.2 Å². The smallest absolute Gasteiger partial charge is 0.422 e. The first-order chi connectivity index (χ1) is 14.3. The van der Waals surface area contributed by atoms with Crippen LogP contribution in [0.15, 0.2) is 47.6 Å². The quantitative estimate of drug-likeness (QED) is 0.448. The van der Waals surface area contributed by atoms with Gasteiger partial charge >= 0.3 is 6.18 Å². The van der Waals surface area contributed by atoms with E-state index < -0.39 is 12.8 Å². The molecule has 0 bridgehead atoms. The Morgan fingerprint density at radius 1 is 1.20 bits per heavy atom. The number of carbonyl (C=O) groups excluding carboxylic acids is 1. The Morgan fingerprint density at radius 2 is 2.00 bits per heavy atom. The average molecular weight is 423 g/mol. The summed E-state index contributed by atoms with van der Waals surface area (Å²) in [6.07, 6.45) is -2.41. The molecule has 1 heterocycles. The van der Waals surface area contributed by atoms with Crippen molar-refractivity contribution in [3.05, 3.63) is 59.3 Å². The van der Waals surface area contributed by atoms with Crippen molar-refractivity contribution in [3.8, 4) is 5.88 Å². The third-order valence-electron chi connectivity index (χ3n) is 4.01. The van der Waals surface area contributed by atoms with E-state index in [-0.39, 0.29) is 18.3 Å². The molecule has 1 amide bonds. The predicted octanol–water partition coefficient (Wildman–Crippen LogP) is 2.29. The van der Waals surface area contributed by atoms with Crippen LogP contribution in [0.2, 0.25) is 0 Å². The largest absolute Gasteiger partial charge is 0.468 e. The minimum absolute atomic E-state index is 0.0798. The molecule has 3 N–H and O–H groups in total. The number of hydrogen-bond acceptors (Lipinski definition) is 4. The second-order valence-electron chi connectivity index (χ2n) is 6.25. The highest BCUT2D eigenvalue weighted by Crippen LogP contribution is 2.19. The highest BCUT2D eigenvalue weighted by molar-refractivity contribution is 5.94. The zero-order chi connectivity index (χ0) is 22.0. The van der Waals surface area contributed by atoms with Crippen molar-refractivity contribution in [1.82, 2.24) is 20.9 Å². The molecule has 1 aromatic carbocycles. The lowest BCUT2D eigenvalue weighted by Gasteiger charge is -2.15. The molecule has 0 atom stereocenters. The monoisotopic (exact) mass is 423 g/mol. The van der Waals surface area contributed by atoms with Crippen molar-refractivity contribution in [2.24, 2.45) is 4.99 Å². The zero-order valence-corrected chi connectivity index (χ0v) is 16.7. The van der Waals surface area contributed by atoms with E-state index in [1.54, 1.807) is 32.3 Å². The number of nitrogens with one attached hydrogen (secondary N) is 3. The second kappa shape index (κ2) is 11.0. The molecule has 0 aliphatic heterocycles. The van der Waals surface area contributed by atoms with Gasteiger partial charge in [-0.3, -0.25) is 9.79 Å². The Labute approximate surface area is 172 Å². The van der Waals surface area contributed by atoms with Crippen LogP contribution in [0.25, 0.3) is 0 Å². The predicted molar refractivity (Wildman–Crippen MR) is 108 cm³/mol. The summed E-state index contributed by atoms with van der Waals surface area (Å²) in [7, 11) is 3.17. The van der Waals surface area contributed by atoms with Gasteiger partial charge in [-0.25, -0.2) is 4.98 Å². The Hall–Kier alpha value is -3.30. The molecule has 0 saturated heterocycles. The second-order valence-corrected chi connectivity index (χ2v) is 6.25.